The fourth-order valence-electron chi connectivity index (χ4n) is 3.63. The van der Waals surface area contributed by atoms with Crippen molar-refractivity contribution in [3.05, 3.63) is 68.2 Å². The number of non-ortho nitro benzene ring substituents is 1. The Kier molecular flexibility index (Phi) is 6.19. The van der Waals surface area contributed by atoms with Gasteiger partial charge in [0.05, 0.1) is 15.6 Å². The Bertz CT molecular complexity index is 852. The maximum atomic E-state index is 12.5. The summed E-state index contributed by atoms with van der Waals surface area (Å²) in [5.41, 5.74) is 3.89. The summed E-state index contributed by atoms with van der Waals surface area (Å²) in [6.45, 7) is 5.79. The van der Waals surface area contributed by atoms with Crippen molar-refractivity contribution in [2.45, 2.75) is 33.2 Å². The molecule has 2 aromatic rings. The molecule has 2 aromatic carbocycles. The number of hydrogen-bond donors (Lipinski definition) is 1. The zero-order valence-electron chi connectivity index (χ0n) is 16.1. The van der Waals surface area contributed by atoms with Crippen molar-refractivity contribution >= 4 is 28.9 Å². The molecule has 1 saturated heterocycles. The van der Waals surface area contributed by atoms with Gasteiger partial charge in [-0.1, -0.05) is 41.4 Å². The number of anilines is 1. The van der Waals surface area contributed by atoms with Crippen molar-refractivity contribution < 1.29 is 9.72 Å². The minimum atomic E-state index is -0.437. The molecular formula is C21H24ClN3O3. The summed E-state index contributed by atoms with van der Waals surface area (Å²) < 4.78 is 0. The van der Waals surface area contributed by atoms with Gasteiger partial charge in [0.15, 0.2) is 0 Å². The van der Waals surface area contributed by atoms with Crippen LogP contribution in [0.2, 0.25) is 5.02 Å². The second-order valence-corrected chi connectivity index (χ2v) is 7.72. The number of aryl methyl sites for hydroxylation is 2. The van der Waals surface area contributed by atoms with E-state index in [0.717, 1.165) is 29.7 Å². The Morgan fingerprint density at radius 1 is 1.21 bits per heavy atom. The van der Waals surface area contributed by atoms with Gasteiger partial charge in [0, 0.05) is 37.7 Å². The lowest BCUT2D eigenvalue weighted by atomic mass is 9.95. The van der Waals surface area contributed by atoms with Crippen molar-refractivity contribution in [1.82, 2.24) is 5.32 Å². The number of rotatable bonds is 5. The maximum absolute atomic E-state index is 12.5. The van der Waals surface area contributed by atoms with E-state index in [9.17, 15) is 14.9 Å². The number of nitro benzene ring substituents is 1. The van der Waals surface area contributed by atoms with Crippen LogP contribution in [0.4, 0.5) is 11.4 Å². The van der Waals surface area contributed by atoms with Crippen LogP contribution in [-0.4, -0.2) is 23.9 Å². The number of hydrogen-bond acceptors (Lipinski definition) is 4. The summed E-state index contributed by atoms with van der Waals surface area (Å²) in [6, 6.07) is 11.1. The molecule has 0 aliphatic carbocycles. The molecule has 1 amide bonds. The number of carbonyl (C=O) groups excluding carboxylic acids is 1. The minimum absolute atomic E-state index is 0.00313. The summed E-state index contributed by atoms with van der Waals surface area (Å²) >= 11 is 6.31. The van der Waals surface area contributed by atoms with E-state index in [2.05, 4.69) is 10.2 Å². The van der Waals surface area contributed by atoms with Crippen molar-refractivity contribution in [3.63, 3.8) is 0 Å². The second-order valence-electron chi connectivity index (χ2n) is 7.31. The second kappa shape index (κ2) is 8.61. The van der Waals surface area contributed by atoms with Crippen LogP contribution in [0.1, 0.15) is 29.5 Å². The molecular weight excluding hydrogens is 378 g/mol. The topological polar surface area (TPSA) is 75.5 Å². The van der Waals surface area contributed by atoms with E-state index in [1.54, 1.807) is 6.07 Å². The zero-order chi connectivity index (χ0) is 20.3. The van der Waals surface area contributed by atoms with Gasteiger partial charge >= 0.3 is 0 Å². The molecule has 1 heterocycles. The monoisotopic (exact) mass is 401 g/mol. The molecule has 0 radical (unpaired) electrons. The average molecular weight is 402 g/mol. The molecule has 7 heteroatoms. The van der Waals surface area contributed by atoms with Crippen molar-refractivity contribution in [1.29, 1.82) is 0 Å². The predicted molar refractivity (Wildman–Crippen MR) is 111 cm³/mol. The fourth-order valence-corrected chi connectivity index (χ4v) is 4.01. The van der Waals surface area contributed by atoms with Gasteiger partial charge in [0.2, 0.25) is 5.91 Å². The van der Waals surface area contributed by atoms with Crippen LogP contribution in [0.15, 0.2) is 36.4 Å². The standard InChI is InChI=1S/C21H24ClN3O3/c1-14-3-5-16(6-4-14)13-23-21(26)17-7-9-24(10-8-17)20-15(2)11-18(25(27)28)12-19(20)22/h3-6,11-12,17H,7-10,13H2,1-2H3,(H,23,26). The molecule has 1 aliphatic rings. The third-order valence-electron chi connectivity index (χ3n) is 5.22. The van der Waals surface area contributed by atoms with E-state index in [1.165, 1.54) is 11.6 Å². The Labute approximate surface area is 169 Å². The Balaban J connectivity index is 1.57. The number of nitrogens with one attached hydrogen (secondary N) is 1. The summed E-state index contributed by atoms with van der Waals surface area (Å²) in [4.78, 5) is 25.2. The first-order valence-corrected chi connectivity index (χ1v) is 9.75. The highest BCUT2D eigenvalue weighted by Gasteiger charge is 2.27. The van der Waals surface area contributed by atoms with Crippen molar-refractivity contribution in [2.75, 3.05) is 18.0 Å². The van der Waals surface area contributed by atoms with E-state index < -0.39 is 4.92 Å². The summed E-state index contributed by atoms with van der Waals surface area (Å²) in [5.74, 6) is 0.0468. The van der Waals surface area contributed by atoms with Gasteiger partial charge in [-0.15, -0.1) is 0 Å². The zero-order valence-corrected chi connectivity index (χ0v) is 16.8. The Morgan fingerprint density at radius 3 is 2.43 bits per heavy atom. The normalized spacial score (nSPS) is 14.8. The van der Waals surface area contributed by atoms with Gasteiger partial charge in [0.25, 0.3) is 5.69 Å². The van der Waals surface area contributed by atoms with E-state index in [-0.39, 0.29) is 17.5 Å². The van der Waals surface area contributed by atoms with Crippen LogP contribution in [0.25, 0.3) is 0 Å². The van der Waals surface area contributed by atoms with Gasteiger partial charge in [-0.2, -0.15) is 0 Å². The number of nitrogens with zero attached hydrogens (tertiary/aromatic N) is 2. The van der Waals surface area contributed by atoms with Gasteiger partial charge in [-0.05, 0) is 37.8 Å². The number of benzene rings is 2. The van der Waals surface area contributed by atoms with Gasteiger partial charge < -0.3 is 10.2 Å². The quantitative estimate of drug-likeness (QED) is 0.595. The van der Waals surface area contributed by atoms with Gasteiger partial charge in [0.1, 0.15) is 0 Å². The maximum Gasteiger partial charge on any atom is 0.271 e. The third kappa shape index (κ3) is 4.62. The largest absolute Gasteiger partial charge is 0.370 e. The highest BCUT2D eigenvalue weighted by Crippen LogP contribution is 2.35. The van der Waals surface area contributed by atoms with E-state index in [1.807, 2.05) is 38.1 Å². The molecule has 148 valence electrons. The number of halogens is 1. The van der Waals surface area contributed by atoms with Crippen LogP contribution < -0.4 is 10.2 Å². The molecule has 0 saturated carbocycles. The fraction of sp³-hybridized carbons (Fsp3) is 0.381. The van der Waals surface area contributed by atoms with Crippen LogP contribution in [0.5, 0.6) is 0 Å². The molecule has 6 nitrogen and oxygen atoms in total. The van der Waals surface area contributed by atoms with Crippen molar-refractivity contribution in [3.8, 4) is 0 Å². The molecule has 1 aliphatic heterocycles. The average Bonchev–Trinajstić information content (AvgIpc) is 2.67. The summed E-state index contributed by atoms with van der Waals surface area (Å²) in [7, 11) is 0. The third-order valence-corrected chi connectivity index (χ3v) is 5.51. The number of carbonyl (C=O) groups is 1. The first-order chi connectivity index (χ1) is 13.3. The minimum Gasteiger partial charge on any atom is -0.370 e. The van der Waals surface area contributed by atoms with Crippen LogP contribution in [-0.2, 0) is 11.3 Å². The van der Waals surface area contributed by atoms with Crippen LogP contribution >= 0.6 is 11.6 Å². The first kappa shape index (κ1) is 20.1. The SMILES string of the molecule is Cc1ccc(CNC(=O)C2CCN(c3c(C)cc([N+](=O)[O-])cc3Cl)CC2)cc1. The van der Waals surface area contributed by atoms with Crippen LogP contribution in [0.3, 0.4) is 0 Å². The number of amides is 1. The van der Waals surface area contributed by atoms with Crippen molar-refractivity contribution in [2.24, 2.45) is 5.92 Å². The molecule has 1 fully saturated rings. The lowest BCUT2D eigenvalue weighted by Gasteiger charge is -2.34. The highest BCUT2D eigenvalue weighted by molar-refractivity contribution is 6.33. The molecule has 1 N–H and O–H groups in total. The van der Waals surface area contributed by atoms with E-state index >= 15 is 0 Å². The Morgan fingerprint density at radius 2 is 1.86 bits per heavy atom. The number of piperidine rings is 1. The first-order valence-electron chi connectivity index (χ1n) is 9.38. The lowest BCUT2D eigenvalue weighted by Crippen LogP contribution is -2.40. The highest BCUT2D eigenvalue weighted by atomic mass is 35.5. The van der Waals surface area contributed by atoms with Gasteiger partial charge in [-0.25, -0.2) is 0 Å². The molecule has 28 heavy (non-hydrogen) atoms. The molecule has 3 rings (SSSR count). The predicted octanol–water partition coefficient (Wildman–Crippen LogP) is 4.40. The molecule has 0 atom stereocenters. The number of nitro groups is 1. The van der Waals surface area contributed by atoms with Gasteiger partial charge in [-0.3, -0.25) is 14.9 Å². The smallest absolute Gasteiger partial charge is 0.271 e. The summed E-state index contributed by atoms with van der Waals surface area (Å²) in [5, 5.41) is 14.4. The van der Waals surface area contributed by atoms with Crippen LogP contribution in [0, 0.1) is 29.9 Å². The summed E-state index contributed by atoms with van der Waals surface area (Å²) in [6.07, 6.45) is 1.46. The van der Waals surface area contributed by atoms with E-state index in [0.29, 0.717) is 24.7 Å². The van der Waals surface area contributed by atoms with E-state index in [4.69, 9.17) is 11.6 Å². The molecule has 0 spiro atoms. The Hall–Kier alpha value is -2.60. The molecule has 0 aromatic heterocycles. The molecule has 0 unspecified atom stereocenters. The lowest BCUT2D eigenvalue weighted by molar-refractivity contribution is -0.384. The molecule has 0 bridgehead atoms.